The van der Waals surface area contributed by atoms with Crippen LogP contribution >= 0.6 is 11.6 Å². The van der Waals surface area contributed by atoms with Crippen LogP contribution in [0, 0.1) is 5.82 Å². The smallest absolute Gasteiger partial charge is 0.255 e. The molecule has 1 N–H and O–H groups in total. The van der Waals surface area contributed by atoms with Crippen LogP contribution in [0.4, 0.5) is 10.1 Å². The highest BCUT2D eigenvalue weighted by Gasteiger charge is 2.32. The Hall–Kier alpha value is -4.34. The summed E-state index contributed by atoms with van der Waals surface area (Å²) in [6.07, 6.45) is 1.78. The molecule has 43 heavy (non-hydrogen) atoms. The van der Waals surface area contributed by atoms with E-state index in [9.17, 15) is 13.2 Å². The monoisotopic (exact) mass is 618 g/mol. The highest BCUT2D eigenvalue weighted by molar-refractivity contribution is 7.74. The fourth-order valence-corrected chi connectivity index (χ4v) is 5.90. The normalized spacial score (nSPS) is 12.9. The lowest BCUT2D eigenvalue weighted by atomic mass is 10.00. The molecule has 10 heteroatoms. The van der Waals surface area contributed by atoms with Crippen LogP contribution in [0.2, 0.25) is 5.02 Å². The minimum absolute atomic E-state index is 0.0813. The van der Waals surface area contributed by atoms with E-state index in [1.165, 1.54) is 16.4 Å². The first-order chi connectivity index (χ1) is 20.8. The van der Waals surface area contributed by atoms with Crippen LogP contribution in [0.3, 0.4) is 0 Å². The number of fused-ring (bicyclic) bond motifs is 1. The fourth-order valence-electron chi connectivity index (χ4n) is 5.15. The average Bonchev–Trinajstić information content (AvgIpc) is 3.79. The number of hydrogen-bond donors (Lipinski definition) is 2. The van der Waals surface area contributed by atoms with Crippen molar-refractivity contribution >= 4 is 45.1 Å². The van der Waals surface area contributed by atoms with Crippen molar-refractivity contribution in [2.24, 2.45) is 0 Å². The van der Waals surface area contributed by atoms with Gasteiger partial charge in [-0.15, -0.1) is 0 Å². The van der Waals surface area contributed by atoms with Crippen LogP contribution in [0.25, 0.3) is 22.3 Å². The predicted octanol–water partition coefficient (Wildman–Crippen LogP) is 7.24. The molecule has 220 valence electrons. The Morgan fingerprint density at radius 1 is 1.02 bits per heavy atom. The van der Waals surface area contributed by atoms with Crippen molar-refractivity contribution in [1.82, 2.24) is 5.32 Å². The zero-order valence-electron chi connectivity index (χ0n) is 23.2. The number of furan rings is 1. The molecule has 0 radical (unpaired) electrons. The highest BCUT2D eigenvalue weighted by Crippen LogP contribution is 2.48. The molecule has 0 saturated heterocycles. The Bertz CT molecular complexity index is 1880. The maximum atomic E-state index is 15.0. The van der Waals surface area contributed by atoms with Gasteiger partial charge in [0, 0.05) is 29.1 Å². The van der Waals surface area contributed by atoms with E-state index in [2.05, 4.69) is 5.32 Å². The first-order valence-corrected chi connectivity index (χ1v) is 15.3. The molecule has 1 saturated carbocycles. The number of benzene rings is 4. The van der Waals surface area contributed by atoms with Gasteiger partial charge in [0.2, 0.25) is 10.9 Å². The molecule has 0 atom stereocenters. The number of nitrogens with zero attached hydrogens (tertiary/aromatic N) is 1. The molecule has 1 amide bonds. The number of thiol groups is 1. The Kier molecular flexibility index (Phi) is 8.10. The molecule has 6 rings (SSSR count). The van der Waals surface area contributed by atoms with Crippen molar-refractivity contribution in [3.63, 3.8) is 0 Å². The van der Waals surface area contributed by atoms with Gasteiger partial charge in [-0.3, -0.25) is 9.10 Å². The number of amides is 1. The lowest BCUT2D eigenvalue weighted by Crippen LogP contribution is -2.22. The molecular weight excluding hydrogens is 591 g/mol. The lowest BCUT2D eigenvalue weighted by molar-refractivity contribution is 0.0964. The maximum absolute atomic E-state index is 15.0. The van der Waals surface area contributed by atoms with E-state index in [4.69, 9.17) is 20.8 Å². The first kappa shape index (κ1) is 28.8. The predicted molar refractivity (Wildman–Crippen MR) is 166 cm³/mol. The van der Waals surface area contributed by atoms with Gasteiger partial charge in [0.15, 0.2) is 11.6 Å². The zero-order chi connectivity index (χ0) is 30.1. The molecule has 1 aliphatic carbocycles. The van der Waals surface area contributed by atoms with Crippen LogP contribution in [0.1, 0.15) is 45.8 Å². The van der Waals surface area contributed by atoms with E-state index in [1.807, 2.05) is 36.4 Å². The Morgan fingerprint density at radius 2 is 1.77 bits per heavy atom. The van der Waals surface area contributed by atoms with E-state index < -0.39 is 16.7 Å². The number of halogens is 2. The third kappa shape index (κ3) is 6.09. The third-order valence-corrected chi connectivity index (χ3v) is 8.46. The molecular formula is C33H28ClFN2O5S. The van der Waals surface area contributed by atoms with Gasteiger partial charge in [-0.05, 0) is 77.9 Å². The summed E-state index contributed by atoms with van der Waals surface area (Å²) in [6.45, 7) is 0.118. The van der Waals surface area contributed by atoms with Gasteiger partial charge in [-0.2, -0.15) is 0 Å². The van der Waals surface area contributed by atoms with Crippen molar-refractivity contribution in [1.29, 1.82) is 0 Å². The number of ether oxygens (including phenoxy) is 1. The van der Waals surface area contributed by atoms with Gasteiger partial charge in [0.1, 0.15) is 18.0 Å². The summed E-state index contributed by atoms with van der Waals surface area (Å²) in [5.74, 6) is -0.334. The van der Waals surface area contributed by atoms with Crippen LogP contribution in [0.15, 0.2) is 89.3 Å². The summed E-state index contributed by atoms with van der Waals surface area (Å²) < 4.78 is 53.4. The molecule has 1 aliphatic rings. The quantitative estimate of drug-likeness (QED) is 0.161. The zero-order valence-corrected chi connectivity index (χ0v) is 24.8. The molecule has 4 aromatic carbocycles. The van der Waals surface area contributed by atoms with Crippen molar-refractivity contribution in [3.05, 3.63) is 118 Å². The molecule has 7 nitrogen and oxygen atoms in total. The summed E-state index contributed by atoms with van der Waals surface area (Å²) in [4.78, 5) is 13.1. The number of carbonyl (C=O) groups excluding carboxylic acids is 1. The molecule has 0 unspecified atom stereocenters. The second-order valence-electron chi connectivity index (χ2n) is 10.4. The third-order valence-electron chi connectivity index (χ3n) is 7.46. The van der Waals surface area contributed by atoms with Crippen molar-refractivity contribution in [3.8, 4) is 17.1 Å². The Morgan fingerprint density at radius 3 is 2.42 bits per heavy atom. The van der Waals surface area contributed by atoms with Gasteiger partial charge < -0.3 is 14.5 Å². The van der Waals surface area contributed by atoms with E-state index in [0.717, 1.165) is 24.0 Å². The summed E-state index contributed by atoms with van der Waals surface area (Å²) in [7, 11) is -1.56. The van der Waals surface area contributed by atoms with Crippen LogP contribution in [0.5, 0.6) is 5.75 Å². The van der Waals surface area contributed by atoms with Crippen molar-refractivity contribution < 1.29 is 26.8 Å². The van der Waals surface area contributed by atoms with E-state index in [1.54, 1.807) is 43.4 Å². The summed E-state index contributed by atoms with van der Waals surface area (Å²) >= 11 is 6.08. The molecule has 0 aliphatic heterocycles. The SMILES string of the molecule is CNC(=O)c1c(-c2ccc(Cl)cc2)oc2cc(N(Cc3ccc(OCc4ccccc4)c(F)c3)[SH](=O)=O)c(C3CC3)cc12. The second-order valence-corrected chi connectivity index (χ2v) is 11.8. The van der Waals surface area contributed by atoms with E-state index in [0.29, 0.717) is 44.1 Å². The Labute approximate surface area is 254 Å². The van der Waals surface area contributed by atoms with E-state index >= 15 is 4.39 Å². The molecule has 1 aromatic heterocycles. The molecule has 0 bridgehead atoms. The van der Waals surface area contributed by atoms with Crippen molar-refractivity contribution in [2.75, 3.05) is 11.4 Å². The molecule has 5 aromatic rings. The summed E-state index contributed by atoms with van der Waals surface area (Å²) in [5, 5.41) is 3.81. The topological polar surface area (TPSA) is 88.8 Å². The summed E-state index contributed by atoms with van der Waals surface area (Å²) in [6, 6.07) is 24.3. The Balaban J connectivity index is 1.37. The average molecular weight is 619 g/mol. The van der Waals surface area contributed by atoms with Gasteiger partial charge in [-0.25, -0.2) is 12.8 Å². The summed E-state index contributed by atoms with van der Waals surface area (Å²) in [5.41, 5.74) is 3.98. The number of anilines is 1. The first-order valence-electron chi connectivity index (χ1n) is 13.8. The van der Waals surface area contributed by atoms with Gasteiger partial charge in [0.05, 0.1) is 17.8 Å². The number of nitrogens with one attached hydrogen (secondary N) is 1. The lowest BCUT2D eigenvalue weighted by Gasteiger charge is -2.21. The van der Waals surface area contributed by atoms with Gasteiger partial charge in [0.25, 0.3) is 5.91 Å². The highest BCUT2D eigenvalue weighted by atomic mass is 35.5. The minimum Gasteiger partial charge on any atom is -0.486 e. The fraction of sp³-hybridized carbons (Fsp3) is 0.182. The maximum Gasteiger partial charge on any atom is 0.255 e. The number of hydrogen-bond acceptors (Lipinski definition) is 5. The number of rotatable bonds is 10. The van der Waals surface area contributed by atoms with Gasteiger partial charge >= 0.3 is 0 Å². The second kappa shape index (κ2) is 12.1. The van der Waals surface area contributed by atoms with Crippen LogP contribution in [-0.2, 0) is 24.0 Å². The number of carbonyl (C=O) groups is 1. The molecule has 1 fully saturated rings. The van der Waals surface area contributed by atoms with Crippen molar-refractivity contribution in [2.45, 2.75) is 31.9 Å². The largest absolute Gasteiger partial charge is 0.486 e. The van der Waals surface area contributed by atoms with E-state index in [-0.39, 0.29) is 30.7 Å². The van der Waals surface area contributed by atoms with Gasteiger partial charge in [-0.1, -0.05) is 48.0 Å². The molecule has 0 spiro atoms. The van der Waals surface area contributed by atoms with Crippen LogP contribution in [-0.4, -0.2) is 21.4 Å². The minimum atomic E-state index is -3.11. The standard InChI is InChI=1S/C33H28ClFN2O5S/c1-36-33(38)31-26-16-25(22-8-9-22)28(17-30(26)42-32(31)23-10-12-24(34)13-11-23)37(43(39)40)18-21-7-14-29(27(35)15-21)41-19-20-5-3-2-4-6-20/h2-7,10-17,22,43H,8-9,18-19H2,1H3,(H,36,38). The van der Waals surface area contributed by atoms with Crippen LogP contribution < -0.4 is 14.4 Å². The molecule has 1 heterocycles.